The molecule has 0 bridgehead atoms. The summed E-state index contributed by atoms with van der Waals surface area (Å²) in [7, 11) is 0. The van der Waals surface area contributed by atoms with Crippen molar-refractivity contribution in [2.75, 3.05) is 19.6 Å². The smallest absolute Gasteiger partial charge is 0.146 e. The highest BCUT2D eigenvalue weighted by Crippen LogP contribution is 1.89. The van der Waals surface area contributed by atoms with E-state index < -0.39 is 0 Å². The van der Waals surface area contributed by atoms with E-state index in [1.54, 1.807) is 0 Å². The molecule has 58 valence electrons. The summed E-state index contributed by atoms with van der Waals surface area (Å²) in [5.74, 6) is 0.298. The molecule has 1 aliphatic heterocycles. The van der Waals surface area contributed by atoms with Crippen molar-refractivity contribution in [2.45, 2.75) is 19.4 Å². The van der Waals surface area contributed by atoms with Gasteiger partial charge in [0.1, 0.15) is 5.78 Å². The molecule has 0 radical (unpaired) electrons. The van der Waals surface area contributed by atoms with Crippen LogP contribution in [0.3, 0.4) is 0 Å². The lowest BCUT2D eigenvalue weighted by molar-refractivity contribution is -0.118. The van der Waals surface area contributed by atoms with E-state index in [1.807, 2.05) is 6.92 Å². The van der Waals surface area contributed by atoms with Gasteiger partial charge >= 0.3 is 0 Å². The van der Waals surface area contributed by atoms with E-state index in [9.17, 15) is 4.79 Å². The van der Waals surface area contributed by atoms with E-state index in [4.69, 9.17) is 0 Å². The Morgan fingerprint density at radius 2 is 2.40 bits per heavy atom. The molecule has 10 heavy (non-hydrogen) atoms. The molecule has 1 fully saturated rings. The van der Waals surface area contributed by atoms with Crippen molar-refractivity contribution in [1.29, 1.82) is 0 Å². The van der Waals surface area contributed by atoms with Crippen molar-refractivity contribution in [1.82, 2.24) is 10.6 Å². The van der Waals surface area contributed by atoms with Crippen molar-refractivity contribution in [3.05, 3.63) is 0 Å². The van der Waals surface area contributed by atoms with Gasteiger partial charge in [-0.15, -0.1) is 0 Å². The van der Waals surface area contributed by atoms with Crippen LogP contribution in [-0.4, -0.2) is 31.5 Å². The third kappa shape index (κ3) is 2.08. The molecule has 0 aromatic rings. The van der Waals surface area contributed by atoms with E-state index >= 15 is 0 Å². The highest BCUT2D eigenvalue weighted by molar-refractivity contribution is 5.80. The van der Waals surface area contributed by atoms with Gasteiger partial charge < -0.3 is 10.6 Å². The minimum absolute atomic E-state index is 0.298. The minimum atomic E-state index is 0.298. The summed E-state index contributed by atoms with van der Waals surface area (Å²) < 4.78 is 0. The number of Topliss-reactive ketones (excluding diaryl/α,β-unsaturated/α-hetero) is 1. The first kappa shape index (κ1) is 7.69. The van der Waals surface area contributed by atoms with Crippen LogP contribution in [0, 0.1) is 0 Å². The predicted octanol–water partition coefficient (Wildman–Crippen LogP) is -0.473. The van der Waals surface area contributed by atoms with Crippen LogP contribution in [0.5, 0.6) is 0 Å². The number of ketones is 1. The molecular weight excluding hydrogens is 128 g/mol. The Morgan fingerprint density at radius 3 is 2.80 bits per heavy atom. The zero-order valence-electron chi connectivity index (χ0n) is 6.31. The number of hydrogen-bond donors (Lipinski definition) is 2. The van der Waals surface area contributed by atoms with Gasteiger partial charge in [0.15, 0.2) is 0 Å². The fraction of sp³-hybridized carbons (Fsp3) is 0.857. The maximum atomic E-state index is 10.8. The number of carbonyl (C=O) groups excluding carboxylic acids is 1. The second kappa shape index (κ2) is 3.68. The first-order valence-electron chi connectivity index (χ1n) is 3.78. The maximum absolute atomic E-state index is 10.8. The molecule has 3 heteroatoms. The van der Waals surface area contributed by atoms with E-state index in [-0.39, 0.29) is 0 Å². The molecule has 1 aliphatic rings. The third-order valence-electron chi connectivity index (χ3n) is 1.76. The van der Waals surface area contributed by atoms with Gasteiger partial charge in [-0.25, -0.2) is 0 Å². The van der Waals surface area contributed by atoms with Gasteiger partial charge in [-0.1, -0.05) is 6.92 Å². The fourth-order valence-electron chi connectivity index (χ4n) is 0.816. The fourth-order valence-corrected chi connectivity index (χ4v) is 0.816. The topological polar surface area (TPSA) is 41.1 Å². The van der Waals surface area contributed by atoms with Gasteiger partial charge in [-0.2, -0.15) is 0 Å². The molecule has 2 N–H and O–H groups in total. The standard InChI is InChI=1S/C7H14N2O/c1-2-7(10)5-9-6-3-8-4-6/h6,8-9H,2-5H2,1H3. The lowest BCUT2D eigenvalue weighted by Gasteiger charge is -2.27. The van der Waals surface area contributed by atoms with Crippen LogP contribution in [0.2, 0.25) is 0 Å². The van der Waals surface area contributed by atoms with Gasteiger partial charge in [-0.05, 0) is 0 Å². The number of hydrogen-bond acceptors (Lipinski definition) is 3. The zero-order valence-corrected chi connectivity index (χ0v) is 6.31. The van der Waals surface area contributed by atoms with Crippen LogP contribution in [0.1, 0.15) is 13.3 Å². The van der Waals surface area contributed by atoms with E-state index in [0.717, 1.165) is 13.1 Å². The molecule has 0 aliphatic carbocycles. The summed E-state index contributed by atoms with van der Waals surface area (Å²) in [5.41, 5.74) is 0. The van der Waals surface area contributed by atoms with Crippen LogP contribution in [0.15, 0.2) is 0 Å². The van der Waals surface area contributed by atoms with E-state index in [0.29, 0.717) is 24.8 Å². The van der Waals surface area contributed by atoms with Crippen molar-refractivity contribution in [2.24, 2.45) is 0 Å². The first-order chi connectivity index (χ1) is 4.83. The average molecular weight is 142 g/mol. The van der Waals surface area contributed by atoms with Crippen LogP contribution in [-0.2, 0) is 4.79 Å². The monoisotopic (exact) mass is 142 g/mol. The van der Waals surface area contributed by atoms with Gasteiger partial charge in [-0.3, -0.25) is 4.79 Å². The molecule has 1 rings (SSSR count). The lowest BCUT2D eigenvalue weighted by atomic mass is 10.2. The Kier molecular flexibility index (Phi) is 2.83. The van der Waals surface area contributed by atoms with Gasteiger partial charge in [0.05, 0.1) is 6.54 Å². The van der Waals surface area contributed by atoms with E-state index in [1.165, 1.54) is 0 Å². The van der Waals surface area contributed by atoms with Gasteiger partial charge in [0, 0.05) is 25.6 Å². The average Bonchev–Trinajstić information content (AvgIpc) is 1.84. The van der Waals surface area contributed by atoms with Crippen molar-refractivity contribution in [3.63, 3.8) is 0 Å². The van der Waals surface area contributed by atoms with Crippen molar-refractivity contribution < 1.29 is 4.79 Å². The molecule has 3 nitrogen and oxygen atoms in total. The molecule has 0 aromatic heterocycles. The highest BCUT2D eigenvalue weighted by Gasteiger charge is 2.15. The van der Waals surface area contributed by atoms with Crippen LogP contribution in [0.4, 0.5) is 0 Å². The summed E-state index contributed by atoms with van der Waals surface area (Å²) in [6.45, 7) is 4.46. The third-order valence-corrected chi connectivity index (χ3v) is 1.76. The van der Waals surface area contributed by atoms with Crippen LogP contribution >= 0.6 is 0 Å². The lowest BCUT2D eigenvalue weighted by Crippen LogP contribution is -2.56. The largest absolute Gasteiger partial charge is 0.314 e. The predicted molar refractivity (Wildman–Crippen MR) is 40.0 cm³/mol. The summed E-state index contributed by atoms with van der Waals surface area (Å²) in [5, 5.41) is 6.29. The Hall–Kier alpha value is -0.410. The quantitative estimate of drug-likeness (QED) is 0.557. The van der Waals surface area contributed by atoms with Crippen LogP contribution in [0.25, 0.3) is 0 Å². The molecule has 0 unspecified atom stereocenters. The van der Waals surface area contributed by atoms with E-state index in [2.05, 4.69) is 10.6 Å². The summed E-state index contributed by atoms with van der Waals surface area (Å²) >= 11 is 0. The summed E-state index contributed by atoms with van der Waals surface area (Å²) in [6.07, 6.45) is 0.646. The minimum Gasteiger partial charge on any atom is -0.314 e. The molecule has 0 atom stereocenters. The molecule has 1 heterocycles. The normalized spacial score (nSPS) is 18.5. The Balaban J connectivity index is 1.98. The van der Waals surface area contributed by atoms with Gasteiger partial charge in [0.2, 0.25) is 0 Å². The molecule has 0 aromatic carbocycles. The van der Waals surface area contributed by atoms with Gasteiger partial charge in [0.25, 0.3) is 0 Å². The van der Waals surface area contributed by atoms with Crippen molar-refractivity contribution in [3.8, 4) is 0 Å². The summed E-state index contributed by atoms with van der Waals surface area (Å²) in [6, 6.07) is 0.537. The number of nitrogens with one attached hydrogen (secondary N) is 2. The number of rotatable bonds is 4. The second-order valence-corrected chi connectivity index (χ2v) is 2.63. The first-order valence-corrected chi connectivity index (χ1v) is 3.78. The number of carbonyl (C=O) groups is 1. The maximum Gasteiger partial charge on any atom is 0.146 e. The Labute approximate surface area is 61.2 Å². The molecule has 0 saturated carbocycles. The zero-order chi connectivity index (χ0) is 7.40. The highest BCUT2D eigenvalue weighted by atomic mass is 16.1. The molecular formula is C7H14N2O. The Bertz CT molecular complexity index is 121. The molecule has 1 saturated heterocycles. The Morgan fingerprint density at radius 1 is 1.70 bits per heavy atom. The summed E-state index contributed by atoms with van der Waals surface area (Å²) in [4.78, 5) is 10.8. The SMILES string of the molecule is CCC(=O)CNC1CNC1. The second-order valence-electron chi connectivity index (χ2n) is 2.63. The molecule has 0 amide bonds. The van der Waals surface area contributed by atoms with Crippen molar-refractivity contribution >= 4 is 5.78 Å². The molecule has 0 spiro atoms. The van der Waals surface area contributed by atoms with Crippen LogP contribution < -0.4 is 10.6 Å².